The standard InChI is InChI=1S/2C9H11.CH2.2ClH.Hf/c2*1-2-5-9-7-3-6-8(9)4-1;;;;/h2*1-2,4,6,9H,3,5,7H2;1H2;2*1H;/q2*-1;;;;+2/p-2. The third-order valence-corrected chi connectivity index (χ3v) is 4.42. The Morgan fingerprint density at radius 3 is 1.59 bits per heavy atom. The fourth-order valence-electron chi connectivity index (χ4n) is 3.33. The van der Waals surface area contributed by atoms with Gasteiger partial charge in [0, 0.05) is 0 Å². The molecule has 0 nitrogen and oxygen atoms in total. The van der Waals surface area contributed by atoms with Crippen molar-refractivity contribution in [1.82, 2.24) is 0 Å². The van der Waals surface area contributed by atoms with Gasteiger partial charge in [-0.05, 0) is 24.7 Å². The third-order valence-electron chi connectivity index (χ3n) is 4.42. The number of rotatable bonds is 0. The van der Waals surface area contributed by atoms with Crippen LogP contribution in [0.3, 0.4) is 0 Å². The predicted molar refractivity (Wildman–Crippen MR) is 84.8 cm³/mol. The first kappa shape index (κ1) is 22.0. The molecule has 0 radical (unpaired) electrons. The summed E-state index contributed by atoms with van der Waals surface area (Å²) in [4.78, 5) is 0. The predicted octanol–water partition coefficient (Wildman–Crippen LogP) is -1.05. The molecular formula is C19H24Cl2Hf-2. The van der Waals surface area contributed by atoms with Gasteiger partial charge in [0.2, 0.25) is 0 Å². The molecule has 2 unspecified atom stereocenters. The van der Waals surface area contributed by atoms with Gasteiger partial charge >= 0.3 is 28.2 Å². The van der Waals surface area contributed by atoms with Crippen molar-refractivity contribution in [3.63, 3.8) is 0 Å². The summed E-state index contributed by atoms with van der Waals surface area (Å²) in [6.07, 6.45) is 26.1. The maximum Gasteiger partial charge on any atom is -1.00 e. The molecule has 0 saturated heterocycles. The van der Waals surface area contributed by atoms with Crippen molar-refractivity contribution >= 4 is 4.26 Å². The Hall–Kier alpha value is 0.0201. The van der Waals surface area contributed by atoms with E-state index in [9.17, 15) is 0 Å². The van der Waals surface area contributed by atoms with Crippen LogP contribution in [-0.2, 0) is 23.9 Å². The number of hydrogen-bond acceptors (Lipinski definition) is 0. The molecule has 22 heavy (non-hydrogen) atoms. The number of fused-ring (bicyclic) bond motifs is 2. The van der Waals surface area contributed by atoms with Crippen molar-refractivity contribution in [3.05, 3.63) is 60.4 Å². The third kappa shape index (κ3) is 6.26. The SMILES string of the molecule is C1=CCC2CC[CH-]C2=C1.C1=CCC2CC[CH-]C2=C1.[CH2]=[Hf+2].[Cl-].[Cl-]. The van der Waals surface area contributed by atoms with Crippen molar-refractivity contribution in [2.75, 3.05) is 0 Å². The van der Waals surface area contributed by atoms with E-state index in [1.807, 2.05) is 0 Å². The Labute approximate surface area is 163 Å². The van der Waals surface area contributed by atoms with Crippen molar-refractivity contribution < 1.29 is 48.7 Å². The molecule has 0 aliphatic heterocycles. The van der Waals surface area contributed by atoms with E-state index < -0.39 is 0 Å². The van der Waals surface area contributed by atoms with Crippen molar-refractivity contribution in [2.24, 2.45) is 11.8 Å². The Bertz CT molecular complexity index is 395. The Morgan fingerprint density at radius 2 is 1.23 bits per heavy atom. The maximum atomic E-state index is 3.39. The minimum atomic E-state index is 0. The minimum Gasteiger partial charge on any atom is -1.00 e. The molecule has 2 atom stereocenters. The van der Waals surface area contributed by atoms with Gasteiger partial charge in [0.1, 0.15) is 0 Å². The molecule has 4 aliphatic rings. The molecule has 2 saturated carbocycles. The maximum absolute atomic E-state index is 3.39. The van der Waals surface area contributed by atoms with Crippen LogP contribution in [0.25, 0.3) is 0 Å². The molecule has 4 rings (SSSR count). The van der Waals surface area contributed by atoms with Gasteiger partial charge in [0.15, 0.2) is 0 Å². The summed E-state index contributed by atoms with van der Waals surface area (Å²) >= 11 is 1.06. The number of hydrogen-bond donors (Lipinski definition) is 0. The second kappa shape index (κ2) is 12.4. The second-order valence-corrected chi connectivity index (χ2v) is 5.62. The molecule has 3 heteroatoms. The van der Waals surface area contributed by atoms with E-state index in [2.05, 4.69) is 53.6 Å². The normalized spacial score (nSPS) is 25.7. The van der Waals surface area contributed by atoms with Gasteiger partial charge in [0.05, 0.1) is 0 Å². The summed E-state index contributed by atoms with van der Waals surface area (Å²) in [6, 6.07) is 0. The van der Waals surface area contributed by atoms with Crippen LogP contribution < -0.4 is 24.8 Å². The van der Waals surface area contributed by atoms with Gasteiger partial charge < -0.3 is 24.8 Å². The van der Waals surface area contributed by atoms with Crippen molar-refractivity contribution in [2.45, 2.75) is 38.5 Å². The van der Waals surface area contributed by atoms with E-state index in [0.29, 0.717) is 0 Å². The molecule has 0 aromatic heterocycles. The topological polar surface area (TPSA) is 0 Å². The van der Waals surface area contributed by atoms with E-state index in [0.717, 1.165) is 35.7 Å². The number of halogens is 2. The molecular weight excluding hydrogens is 478 g/mol. The summed E-state index contributed by atoms with van der Waals surface area (Å²) in [6.45, 7) is 0. The van der Waals surface area contributed by atoms with E-state index in [-0.39, 0.29) is 24.8 Å². The Balaban J connectivity index is 0.000000334. The smallest absolute Gasteiger partial charge is 1.00 e. The summed E-state index contributed by atoms with van der Waals surface area (Å²) in [5, 5.41) is 0. The molecule has 0 bridgehead atoms. The molecule has 0 amide bonds. The summed E-state index contributed by atoms with van der Waals surface area (Å²) in [5.41, 5.74) is 3.16. The second-order valence-electron chi connectivity index (χ2n) is 5.62. The van der Waals surface area contributed by atoms with Crippen LogP contribution in [0.2, 0.25) is 0 Å². The molecule has 0 aromatic carbocycles. The molecule has 0 spiro atoms. The average Bonchev–Trinajstić information content (AvgIpc) is 3.18. The number of allylic oxidation sites excluding steroid dienone is 8. The van der Waals surface area contributed by atoms with Gasteiger partial charge in [-0.2, -0.15) is 0 Å². The first-order valence-corrected chi connectivity index (χ1v) is 10.2. The first-order valence-electron chi connectivity index (χ1n) is 7.68. The fourth-order valence-corrected chi connectivity index (χ4v) is 3.33. The Morgan fingerprint density at radius 1 is 0.818 bits per heavy atom. The zero-order valence-electron chi connectivity index (χ0n) is 13.0. The van der Waals surface area contributed by atoms with Crippen LogP contribution in [0.5, 0.6) is 0 Å². The van der Waals surface area contributed by atoms with Gasteiger partial charge in [-0.15, -0.1) is 37.1 Å². The van der Waals surface area contributed by atoms with Gasteiger partial charge in [-0.1, -0.05) is 12.8 Å². The quantitative estimate of drug-likeness (QED) is 0.294. The molecule has 120 valence electrons. The zero-order chi connectivity index (χ0) is 14.2. The summed E-state index contributed by atoms with van der Waals surface area (Å²) < 4.78 is 3.39. The summed E-state index contributed by atoms with van der Waals surface area (Å²) in [5.74, 6) is 1.77. The van der Waals surface area contributed by atoms with E-state index >= 15 is 0 Å². The largest absolute Gasteiger partial charge is 1.00 e. The van der Waals surface area contributed by atoms with Crippen molar-refractivity contribution in [3.8, 4) is 0 Å². The van der Waals surface area contributed by atoms with Crippen LogP contribution in [0.1, 0.15) is 38.5 Å². The van der Waals surface area contributed by atoms with Crippen LogP contribution in [0.15, 0.2) is 47.6 Å². The van der Waals surface area contributed by atoms with E-state index in [4.69, 9.17) is 0 Å². The Kier molecular flexibility index (Phi) is 12.5. The monoisotopic (exact) mass is 502 g/mol. The fraction of sp³-hybridized carbons (Fsp3) is 0.421. The van der Waals surface area contributed by atoms with Crippen LogP contribution in [0.4, 0.5) is 0 Å². The first-order chi connectivity index (χ1) is 9.93. The molecule has 0 heterocycles. The van der Waals surface area contributed by atoms with Gasteiger partial charge in [-0.3, -0.25) is 0 Å². The van der Waals surface area contributed by atoms with E-state index in [1.165, 1.54) is 38.5 Å². The van der Waals surface area contributed by atoms with Crippen molar-refractivity contribution in [1.29, 1.82) is 0 Å². The zero-order valence-corrected chi connectivity index (χ0v) is 18.1. The van der Waals surface area contributed by atoms with E-state index in [1.54, 1.807) is 11.1 Å². The molecule has 2 fully saturated rings. The molecule has 4 aliphatic carbocycles. The average molecular weight is 502 g/mol. The van der Waals surface area contributed by atoms with Crippen LogP contribution in [-0.4, -0.2) is 4.26 Å². The van der Waals surface area contributed by atoms with Gasteiger partial charge in [-0.25, -0.2) is 36.1 Å². The van der Waals surface area contributed by atoms with Crippen LogP contribution >= 0.6 is 0 Å². The summed E-state index contributed by atoms with van der Waals surface area (Å²) in [7, 11) is 0. The van der Waals surface area contributed by atoms with Crippen LogP contribution in [0, 0.1) is 24.7 Å². The minimum absolute atomic E-state index is 0. The van der Waals surface area contributed by atoms with Gasteiger partial charge in [0.25, 0.3) is 0 Å². The molecule has 0 aromatic rings. The molecule has 0 N–H and O–H groups in total.